The van der Waals surface area contributed by atoms with Crippen molar-refractivity contribution in [3.8, 4) is 28.7 Å². The van der Waals surface area contributed by atoms with Gasteiger partial charge in [-0.25, -0.2) is 0 Å². The summed E-state index contributed by atoms with van der Waals surface area (Å²) in [6, 6.07) is 10.1. The van der Waals surface area contributed by atoms with Gasteiger partial charge in [0.1, 0.15) is 16.9 Å². The zero-order valence-electron chi connectivity index (χ0n) is 20.3. The number of ketones is 1. The first-order valence-electron chi connectivity index (χ1n) is 11.2. The molecule has 0 radical (unpaired) electrons. The molecule has 1 heterocycles. The Morgan fingerprint density at radius 2 is 1.88 bits per heavy atom. The smallest absolute Gasteiger partial charge is 0.319 e. The van der Waals surface area contributed by atoms with Crippen LogP contribution in [0.15, 0.2) is 53.2 Å². The zero-order valence-corrected chi connectivity index (χ0v) is 21.1. The van der Waals surface area contributed by atoms with Gasteiger partial charge in [-0.3, -0.25) is 9.59 Å². The maximum atomic E-state index is 12.9. The van der Waals surface area contributed by atoms with Gasteiger partial charge in [0.15, 0.2) is 0 Å². The molecule has 1 aromatic carbocycles. The molecule has 176 valence electrons. The van der Waals surface area contributed by atoms with Crippen molar-refractivity contribution in [2.75, 3.05) is 13.7 Å². The number of hydrogen-bond acceptors (Lipinski definition) is 5. The van der Waals surface area contributed by atoms with Crippen LogP contribution in [-0.4, -0.2) is 25.5 Å². The van der Waals surface area contributed by atoms with Crippen molar-refractivity contribution < 1.29 is 19.1 Å². The molecule has 2 aromatic rings. The number of rotatable bonds is 11. The molecule has 0 aliphatic rings. The van der Waals surface area contributed by atoms with Crippen LogP contribution in [0.2, 0.25) is 0 Å². The second kappa shape index (κ2) is 12.4. The van der Waals surface area contributed by atoms with E-state index in [0.29, 0.717) is 19.4 Å². The molecule has 2 rings (SSSR count). The topological polar surface area (TPSA) is 52.6 Å². The summed E-state index contributed by atoms with van der Waals surface area (Å²) in [5, 5.41) is 4.16. The molecule has 0 spiro atoms. The number of unbranched alkanes of at least 4 members (excludes halogenated alkanes) is 1. The maximum absolute atomic E-state index is 12.9. The van der Waals surface area contributed by atoms with Crippen molar-refractivity contribution in [1.29, 1.82) is 0 Å². The molecule has 0 N–H and O–H groups in total. The molecular formula is C28H34O4S. The van der Waals surface area contributed by atoms with E-state index >= 15 is 0 Å². The highest BCUT2D eigenvalue weighted by atomic mass is 32.1. The Labute approximate surface area is 202 Å². The minimum absolute atomic E-state index is 0.0981. The van der Waals surface area contributed by atoms with E-state index in [9.17, 15) is 9.59 Å². The summed E-state index contributed by atoms with van der Waals surface area (Å²) in [6.07, 6.45) is 5.41. The highest BCUT2D eigenvalue weighted by Crippen LogP contribution is 2.28. The fourth-order valence-electron chi connectivity index (χ4n) is 3.20. The molecule has 1 unspecified atom stereocenters. The number of ether oxygens (including phenoxy) is 2. The van der Waals surface area contributed by atoms with Crippen LogP contribution in [0.25, 0.3) is 11.1 Å². The van der Waals surface area contributed by atoms with Gasteiger partial charge in [-0.15, -0.1) is 0 Å². The van der Waals surface area contributed by atoms with E-state index in [1.165, 1.54) is 12.7 Å². The highest BCUT2D eigenvalue weighted by Gasteiger charge is 2.40. The summed E-state index contributed by atoms with van der Waals surface area (Å²) in [6.45, 7) is 8.24. The lowest BCUT2D eigenvalue weighted by molar-refractivity contribution is -0.156. The van der Waals surface area contributed by atoms with Gasteiger partial charge in [-0.2, -0.15) is 11.3 Å². The summed E-state index contributed by atoms with van der Waals surface area (Å²) in [5.74, 6) is 6.25. The monoisotopic (exact) mass is 466 g/mol. The molecule has 0 bridgehead atoms. The van der Waals surface area contributed by atoms with Gasteiger partial charge in [0.2, 0.25) is 0 Å². The Kier molecular flexibility index (Phi) is 9.94. The molecule has 0 saturated heterocycles. The summed E-state index contributed by atoms with van der Waals surface area (Å²) >= 11 is 1.66. The largest absolute Gasteiger partial charge is 0.494 e. The van der Waals surface area contributed by atoms with Crippen LogP contribution in [0.3, 0.4) is 0 Å². The van der Waals surface area contributed by atoms with Crippen molar-refractivity contribution >= 4 is 23.1 Å². The normalized spacial score (nSPS) is 13.1. The number of methoxy groups -OCH3 is 1. The molecule has 0 aliphatic carbocycles. The Balaban J connectivity index is 1.85. The number of Topliss-reactive ketones (excluding diaryl/α,β-unsaturated/α-hetero) is 1. The van der Waals surface area contributed by atoms with Crippen LogP contribution >= 0.6 is 11.3 Å². The van der Waals surface area contributed by atoms with Gasteiger partial charge >= 0.3 is 5.97 Å². The Morgan fingerprint density at radius 1 is 1.09 bits per heavy atom. The summed E-state index contributed by atoms with van der Waals surface area (Å²) in [5.41, 5.74) is 0.998. The number of thiophene rings is 1. The molecule has 0 aliphatic heterocycles. The number of hydrogen-bond donors (Lipinski definition) is 0. The Hall–Kier alpha value is -2.84. The van der Waals surface area contributed by atoms with Gasteiger partial charge in [0.25, 0.3) is 0 Å². The number of carbonyl (C=O) groups is 2. The average molecular weight is 467 g/mol. The van der Waals surface area contributed by atoms with E-state index in [4.69, 9.17) is 9.47 Å². The van der Waals surface area contributed by atoms with Crippen LogP contribution in [0.1, 0.15) is 53.4 Å². The van der Waals surface area contributed by atoms with Crippen molar-refractivity contribution in [2.24, 2.45) is 10.8 Å². The lowest BCUT2D eigenvalue weighted by Crippen LogP contribution is -2.37. The minimum atomic E-state index is -1.20. The molecule has 4 nitrogen and oxygen atoms in total. The first kappa shape index (κ1) is 26.4. The summed E-state index contributed by atoms with van der Waals surface area (Å²) in [7, 11) is 1.31. The first-order chi connectivity index (χ1) is 15.7. The van der Waals surface area contributed by atoms with E-state index in [0.717, 1.165) is 17.7 Å². The average Bonchev–Trinajstić information content (AvgIpc) is 3.32. The van der Waals surface area contributed by atoms with Crippen LogP contribution in [-0.2, 0) is 14.3 Å². The molecule has 1 aromatic heterocycles. The van der Waals surface area contributed by atoms with E-state index in [1.807, 2.05) is 39.0 Å². The van der Waals surface area contributed by atoms with Crippen LogP contribution < -0.4 is 4.74 Å². The third-order valence-corrected chi connectivity index (χ3v) is 5.86. The number of esters is 1. The molecule has 0 saturated carbocycles. The zero-order chi connectivity index (χ0) is 24.3. The molecule has 0 amide bonds. The predicted octanol–water partition coefficient (Wildman–Crippen LogP) is 6.71. The van der Waals surface area contributed by atoms with E-state index in [2.05, 4.69) is 34.7 Å². The molecule has 1 atom stereocenters. The van der Waals surface area contributed by atoms with Gasteiger partial charge in [0.05, 0.1) is 13.7 Å². The van der Waals surface area contributed by atoms with Gasteiger partial charge in [0, 0.05) is 11.8 Å². The second-order valence-electron chi connectivity index (χ2n) is 9.22. The first-order valence-corrected chi connectivity index (χ1v) is 12.1. The number of allylic oxidation sites excluding steroid dienone is 2. The third kappa shape index (κ3) is 8.55. The van der Waals surface area contributed by atoms with Crippen LogP contribution in [0, 0.1) is 22.7 Å². The van der Waals surface area contributed by atoms with E-state index < -0.39 is 11.4 Å². The second-order valence-corrected chi connectivity index (χ2v) is 10.00. The van der Waals surface area contributed by atoms with Gasteiger partial charge in [-0.1, -0.05) is 30.0 Å². The standard InChI is InChI=1S/C28H34O4S/c1-27(2,3)16-8-6-9-17-28(4,26(30)31-5)25(29)14-7-10-18-32-24-13-11-12-22(20-24)23-15-19-33-21-23/h6,9,11-13,15,19-21H,7,10,14,17-18H2,1-5H3. The Morgan fingerprint density at radius 3 is 2.55 bits per heavy atom. The predicted molar refractivity (Wildman–Crippen MR) is 135 cm³/mol. The Bertz CT molecular complexity index is 1000. The lowest BCUT2D eigenvalue weighted by atomic mass is 9.80. The quantitative estimate of drug-likeness (QED) is 0.160. The number of carbonyl (C=O) groups excluding carboxylic acids is 2. The van der Waals surface area contributed by atoms with Crippen LogP contribution in [0.4, 0.5) is 0 Å². The third-order valence-electron chi connectivity index (χ3n) is 5.18. The molecular weight excluding hydrogens is 432 g/mol. The molecule has 5 heteroatoms. The number of benzene rings is 1. The summed E-state index contributed by atoms with van der Waals surface area (Å²) in [4.78, 5) is 25.3. The highest BCUT2D eigenvalue weighted by molar-refractivity contribution is 7.08. The van der Waals surface area contributed by atoms with Crippen LogP contribution in [0.5, 0.6) is 5.75 Å². The molecule has 0 fully saturated rings. The summed E-state index contributed by atoms with van der Waals surface area (Å²) < 4.78 is 10.8. The fourth-order valence-corrected chi connectivity index (χ4v) is 3.86. The van der Waals surface area contributed by atoms with E-state index in [1.54, 1.807) is 30.4 Å². The SMILES string of the molecule is COC(=O)C(C)(CC=CC#CC(C)(C)C)C(=O)CCCCOc1cccc(-c2ccsc2)c1. The van der Waals surface area contributed by atoms with Crippen molar-refractivity contribution in [2.45, 2.75) is 53.4 Å². The van der Waals surface area contributed by atoms with Crippen molar-refractivity contribution in [3.63, 3.8) is 0 Å². The fraction of sp³-hybridized carbons (Fsp3) is 0.429. The maximum Gasteiger partial charge on any atom is 0.319 e. The van der Waals surface area contributed by atoms with Crippen molar-refractivity contribution in [1.82, 2.24) is 0 Å². The van der Waals surface area contributed by atoms with Crippen molar-refractivity contribution in [3.05, 3.63) is 53.2 Å². The minimum Gasteiger partial charge on any atom is -0.494 e. The van der Waals surface area contributed by atoms with Gasteiger partial charge < -0.3 is 9.47 Å². The van der Waals surface area contributed by atoms with E-state index in [-0.39, 0.29) is 17.6 Å². The van der Waals surface area contributed by atoms with Gasteiger partial charge in [-0.05, 0) is 93.1 Å². The lowest BCUT2D eigenvalue weighted by Gasteiger charge is -2.23. The molecule has 33 heavy (non-hydrogen) atoms.